The van der Waals surface area contributed by atoms with Gasteiger partial charge in [0.15, 0.2) is 0 Å². The van der Waals surface area contributed by atoms with Crippen LogP contribution in [0.5, 0.6) is 0 Å². The van der Waals surface area contributed by atoms with Crippen molar-refractivity contribution in [3.05, 3.63) is 39.8 Å². The normalized spacial score (nSPS) is 14.1. The lowest BCUT2D eigenvalue weighted by Crippen LogP contribution is -2.38. The molecule has 2 aromatic heterocycles. The summed E-state index contributed by atoms with van der Waals surface area (Å²) in [4.78, 5) is 12.8. The van der Waals surface area contributed by atoms with Crippen molar-refractivity contribution in [2.24, 2.45) is 7.05 Å². The Bertz CT molecular complexity index is 553. The first-order valence-corrected chi connectivity index (χ1v) is 6.83. The third-order valence-corrected chi connectivity index (χ3v) is 4.11. The molecule has 5 nitrogen and oxygen atoms in total. The molecule has 6 heteroatoms. The Balaban J connectivity index is 2.01. The van der Waals surface area contributed by atoms with E-state index in [2.05, 4.69) is 10.4 Å². The SMILES string of the molecule is Cc1cc(C(=O)NCC(C)(O)c2cccs2)nn1C. The fourth-order valence-corrected chi connectivity index (χ4v) is 2.47. The van der Waals surface area contributed by atoms with Gasteiger partial charge in [0.1, 0.15) is 11.3 Å². The molecule has 19 heavy (non-hydrogen) atoms. The first kappa shape index (κ1) is 13.8. The highest BCUT2D eigenvalue weighted by molar-refractivity contribution is 7.10. The minimum absolute atomic E-state index is 0.155. The van der Waals surface area contributed by atoms with Gasteiger partial charge in [-0.25, -0.2) is 0 Å². The molecule has 0 aliphatic heterocycles. The van der Waals surface area contributed by atoms with Gasteiger partial charge < -0.3 is 10.4 Å². The molecule has 0 radical (unpaired) electrons. The summed E-state index contributed by atoms with van der Waals surface area (Å²) < 4.78 is 1.65. The van der Waals surface area contributed by atoms with Crippen molar-refractivity contribution in [2.75, 3.05) is 6.54 Å². The van der Waals surface area contributed by atoms with Gasteiger partial charge >= 0.3 is 0 Å². The number of aromatic nitrogens is 2. The van der Waals surface area contributed by atoms with Crippen LogP contribution in [0, 0.1) is 6.92 Å². The summed E-state index contributed by atoms with van der Waals surface area (Å²) in [5.41, 5.74) is 0.213. The minimum Gasteiger partial charge on any atom is -0.383 e. The lowest BCUT2D eigenvalue weighted by atomic mass is 10.1. The summed E-state index contributed by atoms with van der Waals surface area (Å²) in [6.07, 6.45) is 0. The molecule has 1 atom stereocenters. The van der Waals surface area contributed by atoms with Gasteiger partial charge in [0.05, 0.1) is 6.54 Å². The van der Waals surface area contributed by atoms with Crippen molar-refractivity contribution >= 4 is 17.2 Å². The highest BCUT2D eigenvalue weighted by Crippen LogP contribution is 2.24. The molecule has 0 bridgehead atoms. The highest BCUT2D eigenvalue weighted by Gasteiger charge is 2.25. The van der Waals surface area contributed by atoms with E-state index in [1.165, 1.54) is 11.3 Å². The molecular formula is C13H17N3O2S. The predicted molar refractivity (Wildman–Crippen MR) is 74.2 cm³/mol. The zero-order valence-electron chi connectivity index (χ0n) is 11.2. The van der Waals surface area contributed by atoms with Crippen LogP contribution in [0.2, 0.25) is 0 Å². The molecule has 0 aliphatic rings. The Labute approximate surface area is 115 Å². The lowest BCUT2D eigenvalue weighted by Gasteiger charge is -2.21. The fraction of sp³-hybridized carbons (Fsp3) is 0.385. The van der Waals surface area contributed by atoms with Crippen LogP contribution in [-0.4, -0.2) is 27.3 Å². The second-order valence-electron chi connectivity index (χ2n) is 4.73. The van der Waals surface area contributed by atoms with Gasteiger partial charge in [0, 0.05) is 17.6 Å². The van der Waals surface area contributed by atoms with Gasteiger partial charge in [-0.05, 0) is 31.4 Å². The van der Waals surface area contributed by atoms with E-state index in [0.29, 0.717) is 5.69 Å². The number of aliphatic hydroxyl groups is 1. The number of nitrogens with one attached hydrogen (secondary N) is 1. The second-order valence-corrected chi connectivity index (χ2v) is 5.68. The fourth-order valence-electron chi connectivity index (χ4n) is 1.69. The van der Waals surface area contributed by atoms with Crippen LogP contribution in [0.4, 0.5) is 0 Å². The van der Waals surface area contributed by atoms with Gasteiger partial charge in [-0.3, -0.25) is 9.48 Å². The molecule has 0 saturated heterocycles. The number of aryl methyl sites for hydroxylation is 2. The number of hydrogen-bond donors (Lipinski definition) is 2. The molecule has 2 aromatic rings. The van der Waals surface area contributed by atoms with Crippen molar-refractivity contribution in [2.45, 2.75) is 19.4 Å². The lowest BCUT2D eigenvalue weighted by molar-refractivity contribution is 0.0555. The van der Waals surface area contributed by atoms with Crippen LogP contribution in [-0.2, 0) is 12.6 Å². The Kier molecular flexibility index (Phi) is 3.73. The molecule has 2 N–H and O–H groups in total. The minimum atomic E-state index is -1.06. The maximum Gasteiger partial charge on any atom is 0.271 e. The summed E-state index contributed by atoms with van der Waals surface area (Å²) in [5.74, 6) is -0.277. The van der Waals surface area contributed by atoms with Crippen molar-refractivity contribution < 1.29 is 9.90 Å². The van der Waals surface area contributed by atoms with Gasteiger partial charge in [0.25, 0.3) is 5.91 Å². The number of thiophene rings is 1. The molecule has 0 spiro atoms. The zero-order valence-corrected chi connectivity index (χ0v) is 12.0. The predicted octanol–water partition coefficient (Wildman–Crippen LogP) is 1.43. The number of carbonyl (C=O) groups is 1. The molecular weight excluding hydrogens is 262 g/mol. The quantitative estimate of drug-likeness (QED) is 0.889. The Morgan fingerprint density at radius 3 is 2.89 bits per heavy atom. The molecule has 1 amide bonds. The molecule has 0 aromatic carbocycles. The number of carbonyl (C=O) groups excluding carboxylic acids is 1. The smallest absolute Gasteiger partial charge is 0.271 e. The van der Waals surface area contributed by atoms with E-state index >= 15 is 0 Å². The highest BCUT2D eigenvalue weighted by atomic mass is 32.1. The Morgan fingerprint density at radius 2 is 2.37 bits per heavy atom. The third-order valence-electron chi connectivity index (χ3n) is 2.99. The molecule has 2 rings (SSSR count). The standard InChI is InChI=1S/C13H17N3O2S/c1-9-7-10(15-16(9)3)12(17)14-8-13(2,18)11-5-4-6-19-11/h4-7,18H,8H2,1-3H3,(H,14,17). The van der Waals surface area contributed by atoms with Gasteiger partial charge in [-0.15, -0.1) is 11.3 Å². The summed E-state index contributed by atoms with van der Waals surface area (Å²) in [7, 11) is 1.79. The monoisotopic (exact) mass is 279 g/mol. The molecule has 2 heterocycles. The maximum atomic E-state index is 11.9. The van der Waals surface area contributed by atoms with E-state index in [1.54, 1.807) is 24.7 Å². The number of hydrogen-bond acceptors (Lipinski definition) is 4. The molecule has 1 unspecified atom stereocenters. The van der Waals surface area contributed by atoms with Gasteiger partial charge in [0.2, 0.25) is 0 Å². The molecule has 0 saturated carbocycles. The first-order valence-electron chi connectivity index (χ1n) is 5.95. The molecule has 102 valence electrons. The van der Waals surface area contributed by atoms with Crippen molar-refractivity contribution in [3.8, 4) is 0 Å². The van der Waals surface area contributed by atoms with Crippen LogP contribution in [0.25, 0.3) is 0 Å². The largest absolute Gasteiger partial charge is 0.383 e. The van der Waals surface area contributed by atoms with Crippen LogP contribution < -0.4 is 5.32 Å². The molecule has 0 aliphatic carbocycles. The Hall–Kier alpha value is -1.66. The summed E-state index contributed by atoms with van der Waals surface area (Å²) in [6, 6.07) is 5.44. The van der Waals surface area contributed by atoms with Crippen molar-refractivity contribution in [3.63, 3.8) is 0 Å². The summed E-state index contributed by atoms with van der Waals surface area (Å²) in [5, 5.41) is 19.0. The zero-order chi connectivity index (χ0) is 14.0. The van der Waals surface area contributed by atoms with E-state index in [1.807, 2.05) is 24.4 Å². The van der Waals surface area contributed by atoms with Crippen LogP contribution in [0.1, 0.15) is 28.0 Å². The number of rotatable bonds is 4. The van der Waals surface area contributed by atoms with E-state index < -0.39 is 5.60 Å². The van der Waals surface area contributed by atoms with Crippen LogP contribution in [0.15, 0.2) is 23.6 Å². The van der Waals surface area contributed by atoms with E-state index in [4.69, 9.17) is 0 Å². The molecule has 0 fully saturated rings. The average Bonchev–Trinajstić information content (AvgIpc) is 2.98. The number of nitrogens with zero attached hydrogens (tertiary/aromatic N) is 2. The van der Waals surface area contributed by atoms with Gasteiger partial charge in [-0.1, -0.05) is 6.07 Å². The van der Waals surface area contributed by atoms with E-state index in [9.17, 15) is 9.90 Å². The summed E-state index contributed by atoms with van der Waals surface area (Å²) in [6.45, 7) is 3.72. The van der Waals surface area contributed by atoms with E-state index in [0.717, 1.165) is 10.6 Å². The average molecular weight is 279 g/mol. The number of amides is 1. The summed E-state index contributed by atoms with van der Waals surface area (Å²) >= 11 is 1.46. The first-order chi connectivity index (χ1) is 8.90. The Morgan fingerprint density at radius 1 is 1.63 bits per heavy atom. The van der Waals surface area contributed by atoms with E-state index in [-0.39, 0.29) is 12.5 Å². The second kappa shape index (κ2) is 5.14. The van der Waals surface area contributed by atoms with Gasteiger partial charge in [-0.2, -0.15) is 5.10 Å². The topological polar surface area (TPSA) is 67.2 Å². The van der Waals surface area contributed by atoms with Crippen LogP contribution in [0.3, 0.4) is 0 Å². The third kappa shape index (κ3) is 3.02. The van der Waals surface area contributed by atoms with Crippen LogP contribution >= 0.6 is 11.3 Å². The van der Waals surface area contributed by atoms with Crippen molar-refractivity contribution in [1.29, 1.82) is 0 Å². The maximum absolute atomic E-state index is 11.9. The van der Waals surface area contributed by atoms with Crippen molar-refractivity contribution in [1.82, 2.24) is 15.1 Å².